The Kier molecular flexibility index (Phi) is 7.05. The van der Waals surface area contributed by atoms with Crippen LogP contribution in [0.25, 0.3) is 0 Å². The van der Waals surface area contributed by atoms with Crippen molar-refractivity contribution in [3.8, 4) is 0 Å². The maximum absolute atomic E-state index is 13.0. The Labute approximate surface area is 155 Å². The number of carbonyl (C=O) groups is 1. The molecule has 0 fully saturated rings. The lowest BCUT2D eigenvalue weighted by Gasteiger charge is -2.36. The van der Waals surface area contributed by atoms with Crippen molar-refractivity contribution < 1.29 is 94.0 Å². The summed E-state index contributed by atoms with van der Waals surface area (Å²) in [5, 5.41) is 7.71. The van der Waals surface area contributed by atoms with E-state index in [4.69, 9.17) is 5.11 Å². The molecule has 0 atom stereocenters. The Morgan fingerprint density at radius 3 is 1.16 bits per heavy atom. The number of rotatable bonds is 9. The minimum atomic E-state index is -8.17. The van der Waals surface area contributed by atoms with Crippen LogP contribution < -0.4 is 0 Å². The van der Waals surface area contributed by atoms with Gasteiger partial charge in [-0.05, 0) is 0 Å². The van der Waals surface area contributed by atoms with Crippen LogP contribution in [0.1, 0.15) is 0 Å². The van der Waals surface area contributed by atoms with Crippen molar-refractivity contribution in [2.24, 2.45) is 0 Å². The lowest BCUT2D eigenvalue weighted by molar-refractivity contribution is -0.454. The molecule has 0 aromatic rings. The standard InChI is InChI=1S/C10HF17O4/c11-1(30-9(24,25)4(13,14)3(28)29)2(12)31-10(26,27)7(19,20)5(15,16)6(17,18)8(21,22)23/h(H,28,29)/b2-1+. The fourth-order valence-electron chi connectivity index (χ4n) is 1.12. The fourth-order valence-corrected chi connectivity index (χ4v) is 1.12. The third-order valence-corrected chi connectivity index (χ3v) is 2.73. The molecule has 4 nitrogen and oxygen atoms in total. The molecule has 0 radical (unpaired) electrons. The van der Waals surface area contributed by atoms with Crippen LogP contribution in [0.2, 0.25) is 0 Å². The molecular weight excluding hydrogens is 507 g/mol. The van der Waals surface area contributed by atoms with Gasteiger partial charge in [0, 0.05) is 0 Å². The van der Waals surface area contributed by atoms with Crippen molar-refractivity contribution in [2.45, 2.75) is 42.1 Å². The molecular formula is C10HF17O4. The Bertz CT molecular complexity index is 721. The Hall–Kier alpha value is -2.38. The highest BCUT2D eigenvalue weighted by atomic mass is 19.4. The molecule has 0 aliphatic heterocycles. The molecule has 0 unspecified atom stereocenters. The summed E-state index contributed by atoms with van der Waals surface area (Å²) in [6.07, 6.45) is -21.9. The predicted octanol–water partition coefficient (Wildman–Crippen LogP) is 5.46. The largest absolute Gasteiger partial charge is 0.478 e. The van der Waals surface area contributed by atoms with Crippen molar-refractivity contribution in [2.75, 3.05) is 0 Å². The first kappa shape index (κ1) is 28.6. The molecule has 0 aliphatic rings. The van der Waals surface area contributed by atoms with Gasteiger partial charge in [0.25, 0.3) is 0 Å². The van der Waals surface area contributed by atoms with Crippen molar-refractivity contribution >= 4 is 5.97 Å². The first-order valence-electron chi connectivity index (χ1n) is 6.21. The van der Waals surface area contributed by atoms with E-state index in [-0.39, 0.29) is 0 Å². The molecule has 0 saturated carbocycles. The third kappa shape index (κ3) is 4.62. The van der Waals surface area contributed by atoms with E-state index < -0.39 is 60.1 Å². The zero-order valence-electron chi connectivity index (χ0n) is 13.1. The molecule has 0 aromatic heterocycles. The Morgan fingerprint density at radius 1 is 0.548 bits per heavy atom. The normalized spacial score (nSPS) is 16.0. The molecule has 31 heavy (non-hydrogen) atoms. The van der Waals surface area contributed by atoms with Gasteiger partial charge in [-0.25, -0.2) is 4.79 Å². The maximum Gasteiger partial charge on any atom is 0.478 e. The topological polar surface area (TPSA) is 55.8 Å². The monoisotopic (exact) mass is 508 g/mol. The molecule has 0 amide bonds. The maximum atomic E-state index is 13.0. The summed E-state index contributed by atoms with van der Waals surface area (Å²) in [5.41, 5.74) is 0. The summed E-state index contributed by atoms with van der Waals surface area (Å²) in [6, 6.07) is -8.65. The van der Waals surface area contributed by atoms with Crippen molar-refractivity contribution in [3.63, 3.8) is 0 Å². The molecule has 0 bridgehead atoms. The van der Waals surface area contributed by atoms with Gasteiger partial charge in [-0.15, -0.1) is 0 Å². The lowest BCUT2D eigenvalue weighted by Crippen LogP contribution is -2.66. The minimum Gasteiger partial charge on any atom is -0.477 e. The van der Waals surface area contributed by atoms with E-state index >= 15 is 0 Å². The zero-order valence-corrected chi connectivity index (χ0v) is 13.1. The minimum absolute atomic E-state index is 1.70. The number of hydrogen-bond donors (Lipinski definition) is 1. The van der Waals surface area contributed by atoms with E-state index in [0.29, 0.717) is 0 Å². The zero-order chi connectivity index (χ0) is 25.6. The fraction of sp³-hybridized carbons (Fsp3) is 0.700. The third-order valence-electron chi connectivity index (χ3n) is 2.73. The summed E-state index contributed by atoms with van der Waals surface area (Å²) in [4.78, 5) is 9.83. The quantitative estimate of drug-likeness (QED) is 0.332. The average molecular weight is 508 g/mol. The summed E-state index contributed by atoms with van der Waals surface area (Å²) in [7, 11) is 0. The van der Waals surface area contributed by atoms with Gasteiger partial charge < -0.3 is 14.6 Å². The van der Waals surface area contributed by atoms with Gasteiger partial charge in [-0.3, -0.25) is 0 Å². The van der Waals surface area contributed by atoms with Gasteiger partial charge in [-0.2, -0.15) is 74.6 Å². The number of carboxylic acid groups (broad SMARTS) is 1. The number of hydrogen-bond acceptors (Lipinski definition) is 3. The molecule has 0 rings (SSSR count). The Morgan fingerprint density at radius 2 is 0.871 bits per heavy atom. The number of alkyl halides is 15. The van der Waals surface area contributed by atoms with Crippen LogP contribution >= 0.6 is 0 Å². The second kappa shape index (κ2) is 7.64. The van der Waals surface area contributed by atoms with E-state index in [1.807, 2.05) is 4.74 Å². The molecule has 0 aliphatic carbocycles. The summed E-state index contributed by atoms with van der Waals surface area (Å²) in [5.74, 6) is -34.5. The molecule has 0 spiro atoms. The number of ether oxygens (including phenoxy) is 2. The number of halogens is 17. The first-order chi connectivity index (χ1) is 13.2. The molecule has 0 heterocycles. The van der Waals surface area contributed by atoms with E-state index in [1.165, 1.54) is 0 Å². The first-order valence-corrected chi connectivity index (χ1v) is 6.21. The van der Waals surface area contributed by atoms with Gasteiger partial charge >= 0.3 is 60.1 Å². The van der Waals surface area contributed by atoms with Crippen LogP contribution in [-0.4, -0.2) is 53.2 Å². The molecule has 0 aromatic carbocycles. The van der Waals surface area contributed by atoms with Gasteiger partial charge in [0.05, 0.1) is 0 Å². The van der Waals surface area contributed by atoms with Crippen LogP contribution in [0.4, 0.5) is 74.6 Å². The van der Waals surface area contributed by atoms with Crippen molar-refractivity contribution in [1.29, 1.82) is 0 Å². The molecule has 184 valence electrons. The summed E-state index contributed by atoms with van der Waals surface area (Å²) >= 11 is 0. The van der Waals surface area contributed by atoms with Gasteiger partial charge in [0.2, 0.25) is 0 Å². The summed E-state index contributed by atoms with van der Waals surface area (Å²) in [6.45, 7) is 0. The van der Waals surface area contributed by atoms with Crippen LogP contribution in [-0.2, 0) is 14.3 Å². The highest BCUT2D eigenvalue weighted by Crippen LogP contribution is 2.58. The van der Waals surface area contributed by atoms with Crippen LogP contribution in [0, 0.1) is 0 Å². The van der Waals surface area contributed by atoms with E-state index in [2.05, 4.69) is 0 Å². The average Bonchev–Trinajstić information content (AvgIpc) is 2.51. The van der Waals surface area contributed by atoms with Crippen LogP contribution in [0.15, 0.2) is 12.0 Å². The van der Waals surface area contributed by atoms with Crippen molar-refractivity contribution in [1.82, 2.24) is 0 Å². The number of aliphatic carboxylic acids is 1. The molecule has 21 heteroatoms. The van der Waals surface area contributed by atoms with E-state index in [9.17, 15) is 79.4 Å². The SMILES string of the molecule is O=C(O)C(F)(F)C(F)(F)O/C(F)=C(\F)OC(F)(F)C(F)(F)C(F)(F)C(F)(F)C(F)(F)F. The smallest absolute Gasteiger partial charge is 0.477 e. The van der Waals surface area contributed by atoms with Gasteiger partial charge in [0.15, 0.2) is 0 Å². The molecule has 0 saturated heterocycles. The van der Waals surface area contributed by atoms with Crippen LogP contribution in [0.3, 0.4) is 0 Å². The van der Waals surface area contributed by atoms with Crippen molar-refractivity contribution in [3.05, 3.63) is 12.0 Å². The lowest BCUT2D eigenvalue weighted by atomic mass is 10.0. The highest BCUT2D eigenvalue weighted by molar-refractivity contribution is 5.76. The van der Waals surface area contributed by atoms with Gasteiger partial charge in [-0.1, -0.05) is 0 Å². The summed E-state index contributed by atoms with van der Waals surface area (Å²) < 4.78 is 217. The van der Waals surface area contributed by atoms with E-state index in [0.717, 1.165) is 0 Å². The molecule has 1 N–H and O–H groups in total. The number of carboxylic acids is 1. The second-order valence-electron chi connectivity index (χ2n) is 4.89. The second-order valence-corrected chi connectivity index (χ2v) is 4.89. The Balaban J connectivity index is 6.09. The van der Waals surface area contributed by atoms with Gasteiger partial charge in [0.1, 0.15) is 0 Å². The highest BCUT2D eigenvalue weighted by Gasteiger charge is 2.88. The van der Waals surface area contributed by atoms with E-state index in [1.54, 1.807) is 4.74 Å². The predicted molar refractivity (Wildman–Crippen MR) is 54.8 cm³/mol. The van der Waals surface area contributed by atoms with Crippen LogP contribution in [0.5, 0.6) is 0 Å².